The van der Waals surface area contributed by atoms with E-state index >= 15 is 0 Å². The average Bonchev–Trinajstić information content (AvgIpc) is 2.35. The van der Waals surface area contributed by atoms with E-state index in [-0.39, 0.29) is 5.56 Å². The van der Waals surface area contributed by atoms with E-state index in [1.54, 1.807) is 12.1 Å². The van der Waals surface area contributed by atoms with Gasteiger partial charge in [-0.1, -0.05) is 20.3 Å². The van der Waals surface area contributed by atoms with Gasteiger partial charge < -0.3 is 14.6 Å². The molecule has 0 heterocycles. The highest BCUT2D eigenvalue weighted by Crippen LogP contribution is 2.25. The van der Waals surface area contributed by atoms with Gasteiger partial charge in [0.15, 0.2) is 0 Å². The number of methoxy groups -OCH3 is 1. The van der Waals surface area contributed by atoms with Crippen LogP contribution in [0.5, 0.6) is 11.5 Å². The quantitative estimate of drug-likeness (QED) is 0.828. The molecule has 1 aromatic carbocycles. The van der Waals surface area contributed by atoms with Gasteiger partial charge in [0.25, 0.3) is 0 Å². The summed E-state index contributed by atoms with van der Waals surface area (Å²) in [5, 5.41) is 9.03. The van der Waals surface area contributed by atoms with Gasteiger partial charge in [0, 0.05) is 6.07 Å². The minimum atomic E-state index is -0.994. The maximum absolute atomic E-state index is 11.0. The molecule has 0 aromatic heterocycles. The van der Waals surface area contributed by atoms with Gasteiger partial charge in [0.05, 0.1) is 13.7 Å². The molecule has 0 unspecified atom stereocenters. The molecule has 0 saturated heterocycles. The number of carboxylic acid groups (broad SMARTS) is 1. The first kappa shape index (κ1) is 13.4. The third-order valence-corrected chi connectivity index (χ3v) is 2.64. The summed E-state index contributed by atoms with van der Waals surface area (Å²) in [5.74, 6) is 0.348. The summed E-state index contributed by atoms with van der Waals surface area (Å²) in [4.78, 5) is 11.0. The van der Waals surface area contributed by atoms with Crippen LogP contribution in [-0.2, 0) is 0 Å². The Hall–Kier alpha value is -1.71. The summed E-state index contributed by atoms with van der Waals surface area (Å²) < 4.78 is 10.6. The fourth-order valence-electron chi connectivity index (χ4n) is 1.28. The van der Waals surface area contributed by atoms with Crippen molar-refractivity contribution in [1.29, 1.82) is 0 Å². The van der Waals surface area contributed by atoms with E-state index < -0.39 is 5.97 Å². The predicted octanol–water partition coefficient (Wildman–Crippen LogP) is 2.82. The number of rotatable bonds is 6. The molecular formula is C13H18O4. The SMILES string of the molecule is CC[C@@H](C)COc1cc(OC)ccc1C(=O)O. The maximum atomic E-state index is 11.0. The summed E-state index contributed by atoms with van der Waals surface area (Å²) >= 11 is 0. The van der Waals surface area contributed by atoms with Crippen LogP contribution in [-0.4, -0.2) is 24.8 Å². The minimum absolute atomic E-state index is 0.161. The topological polar surface area (TPSA) is 55.8 Å². The van der Waals surface area contributed by atoms with Crippen LogP contribution >= 0.6 is 0 Å². The molecular weight excluding hydrogens is 220 g/mol. The third-order valence-electron chi connectivity index (χ3n) is 2.64. The van der Waals surface area contributed by atoms with Crippen LogP contribution in [0.2, 0.25) is 0 Å². The predicted molar refractivity (Wildman–Crippen MR) is 64.9 cm³/mol. The van der Waals surface area contributed by atoms with Crippen LogP contribution in [0.4, 0.5) is 0 Å². The lowest BCUT2D eigenvalue weighted by atomic mass is 10.1. The molecule has 1 aromatic rings. The molecule has 1 rings (SSSR count). The zero-order valence-electron chi connectivity index (χ0n) is 10.4. The molecule has 0 amide bonds. The van der Waals surface area contributed by atoms with Gasteiger partial charge in [-0.3, -0.25) is 0 Å². The number of benzene rings is 1. The highest BCUT2D eigenvalue weighted by Gasteiger charge is 2.13. The molecule has 0 aliphatic heterocycles. The molecule has 1 N–H and O–H groups in total. The van der Waals surface area contributed by atoms with Crippen molar-refractivity contribution < 1.29 is 19.4 Å². The molecule has 4 heteroatoms. The molecule has 0 aliphatic rings. The van der Waals surface area contributed by atoms with E-state index in [2.05, 4.69) is 13.8 Å². The molecule has 1 atom stereocenters. The van der Waals surface area contributed by atoms with Crippen LogP contribution < -0.4 is 9.47 Å². The van der Waals surface area contributed by atoms with E-state index in [4.69, 9.17) is 14.6 Å². The van der Waals surface area contributed by atoms with E-state index in [0.29, 0.717) is 24.0 Å². The van der Waals surface area contributed by atoms with Crippen molar-refractivity contribution in [3.63, 3.8) is 0 Å². The van der Waals surface area contributed by atoms with Crippen molar-refractivity contribution in [2.24, 2.45) is 5.92 Å². The van der Waals surface area contributed by atoms with Crippen molar-refractivity contribution in [2.75, 3.05) is 13.7 Å². The lowest BCUT2D eigenvalue weighted by Gasteiger charge is -2.13. The van der Waals surface area contributed by atoms with Crippen molar-refractivity contribution in [1.82, 2.24) is 0 Å². The van der Waals surface area contributed by atoms with E-state index in [1.165, 1.54) is 13.2 Å². The van der Waals surface area contributed by atoms with Gasteiger partial charge in [-0.05, 0) is 18.1 Å². The number of hydrogen-bond donors (Lipinski definition) is 1. The van der Waals surface area contributed by atoms with Crippen LogP contribution in [0.25, 0.3) is 0 Å². The van der Waals surface area contributed by atoms with Gasteiger partial charge in [0.2, 0.25) is 0 Å². The minimum Gasteiger partial charge on any atom is -0.497 e. The number of ether oxygens (including phenoxy) is 2. The second-order valence-corrected chi connectivity index (χ2v) is 3.99. The first-order valence-corrected chi connectivity index (χ1v) is 5.62. The molecule has 0 radical (unpaired) electrons. The van der Waals surface area contributed by atoms with Crippen LogP contribution in [0.1, 0.15) is 30.6 Å². The number of hydrogen-bond acceptors (Lipinski definition) is 3. The van der Waals surface area contributed by atoms with Crippen LogP contribution in [0.15, 0.2) is 18.2 Å². The standard InChI is InChI=1S/C13H18O4/c1-4-9(2)8-17-12-7-10(16-3)5-6-11(12)13(14)15/h5-7,9H,4,8H2,1-3H3,(H,14,15)/t9-/m1/s1. The summed E-state index contributed by atoms with van der Waals surface area (Å²) in [6.07, 6.45) is 0.992. The highest BCUT2D eigenvalue weighted by atomic mass is 16.5. The Kier molecular flexibility index (Phi) is 4.82. The second-order valence-electron chi connectivity index (χ2n) is 3.99. The Morgan fingerprint density at radius 3 is 2.71 bits per heavy atom. The first-order valence-electron chi connectivity index (χ1n) is 5.62. The largest absolute Gasteiger partial charge is 0.497 e. The zero-order chi connectivity index (χ0) is 12.8. The van der Waals surface area contributed by atoms with Crippen molar-refractivity contribution in [3.05, 3.63) is 23.8 Å². The maximum Gasteiger partial charge on any atom is 0.339 e. The molecule has 4 nitrogen and oxygen atoms in total. The van der Waals surface area contributed by atoms with Gasteiger partial charge in [0.1, 0.15) is 17.1 Å². The van der Waals surface area contributed by atoms with E-state index in [9.17, 15) is 4.79 Å². The van der Waals surface area contributed by atoms with Crippen LogP contribution in [0.3, 0.4) is 0 Å². The molecule has 0 fully saturated rings. The van der Waals surface area contributed by atoms with Gasteiger partial charge in [-0.25, -0.2) is 4.79 Å². The molecule has 0 spiro atoms. The average molecular weight is 238 g/mol. The summed E-state index contributed by atoms with van der Waals surface area (Å²) in [6.45, 7) is 4.63. The van der Waals surface area contributed by atoms with E-state index in [0.717, 1.165) is 6.42 Å². The zero-order valence-corrected chi connectivity index (χ0v) is 10.4. The Morgan fingerprint density at radius 1 is 1.47 bits per heavy atom. The molecule has 0 bridgehead atoms. The highest BCUT2D eigenvalue weighted by molar-refractivity contribution is 5.91. The Morgan fingerprint density at radius 2 is 2.18 bits per heavy atom. The molecule has 0 saturated carbocycles. The number of carboxylic acids is 1. The van der Waals surface area contributed by atoms with Gasteiger partial charge in [-0.2, -0.15) is 0 Å². The Labute approximate surface area is 101 Å². The summed E-state index contributed by atoms with van der Waals surface area (Å²) in [7, 11) is 1.54. The van der Waals surface area contributed by atoms with Gasteiger partial charge >= 0.3 is 5.97 Å². The fourth-order valence-corrected chi connectivity index (χ4v) is 1.28. The van der Waals surface area contributed by atoms with E-state index in [1.807, 2.05) is 0 Å². The monoisotopic (exact) mass is 238 g/mol. The number of aromatic carboxylic acids is 1. The number of carbonyl (C=O) groups is 1. The Bertz CT molecular complexity index is 387. The normalized spacial score (nSPS) is 11.9. The Balaban J connectivity index is 2.89. The first-order chi connectivity index (χ1) is 8.08. The molecule has 0 aliphatic carbocycles. The van der Waals surface area contributed by atoms with Crippen LogP contribution in [0, 0.1) is 5.92 Å². The summed E-state index contributed by atoms with van der Waals surface area (Å²) in [6, 6.07) is 4.71. The van der Waals surface area contributed by atoms with Crippen molar-refractivity contribution in [2.45, 2.75) is 20.3 Å². The van der Waals surface area contributed by atoms with Crippen molar-refractivity contribution >= 4 is 5.97 Å². The van der Waals surface area contributed by atoms with Gasteiger partial charge in [-0.15, -0.1) is 0 Å². The lowest BCUT2D eigenvalue weighted by Crippen LogP contribution is -2.10. The smallest absolute Gasteiger partial charge is 0.339 e. The molecule has 17 heavy (non-hydrogen) atoms. The molecule has 94 valence electrons. The lowest BCUT2D eigenvalue weighted by molar-refractivity contribution is 0.0691. The fraction of sp³-hybridized carbons (Fsp3) is 0.462. The summed E-state index contributed by atoms with van der Waals surface area (Å²) in [5.41, 5.74) is 0.161. The van der Waals surface area contributed by atoms with Crippen molar-refractivity contribution in [3.8, 4) is 11.5 Å². The third kappa shape index (κ3) is 3.66. The second kappa shape index (κ2) is 6.13.